The molecule has 4 rings (SSSR count). The maximum absolute atomic E-state index is 12.8. The Labute approximate surface area is 170 Å². The summed E-state index contributed by atoms with van der Waals surface area (Å²) in [7, 11) is 0. The molecule has 1 fully saturated rings. The predicted octanol–water partition coefficient (Wildman–Crippen LogP) is 3.08. The van der Waals surface area contributed by atoms with E-state index in [0.717, 1.165) is 11.4 Å². The van der Waals surface area contributed by atoms with Gasteiger partial charge in [-0.3, -0.25) is 9.59 Å². The quantitative estimate of drug-likeness (QED) is 0.694. The number of hydrogen-bond acceptors (Lipinski definition) is 7. The lowest BCUT2D eigenvalue weighted by Gasteiger charge is -2.30. The number of aromatic nitrogens is 3. The Kier molecular flexibility index (Phi) is 5.73. The maximum Gasteiger partial charge on any atom is 0.273 e. The van der Waals surface area contributed by atoms with Gasteiger partial charge in [0.2, 0.25) is 11.0 Å². The van der Waals surface area contributed by atoms with Crippen molar-refractivity contribution in [3.63, 3.8) is 0 Å². The first kappa shape index (κ1) is 18.7. The maximum atomic E-state index is 12.8. The summed E-state index contributed by atoms with van der Waals surface area (Å²) in [5, 5.41) is 13.6. The van der Waals surface area contributed by atoms with Gasteiger partial charge in [-0.25, -0.2) is 4.98 Å². The molecule has 7 nitrogen and oxygen atoms in total. The normalized spacial score (nSPS) is 14.8. The van der Waals surface area contributed by atoms with Crippen LogP contribution in [0.15, 0.2) is 41.2 Å². The number of nitrogens with one attached hydrogen (secondary N) is 1. The number of nitrogens with zero attached hydrogens (tertiary/aromatic N) is 4. The molecule has 0 spiro atoms. The Balaban J connectivity index is 1.31. The average Bonchev–Trinajstić information content (AvgIpc) is 3.40. The number of thiazole rings is 1. The van der Waals surface area contributed by atoms with Crippen LogP contribution in [0.3, 0.4) is 0 Å². The fourth-order valence-corrected chi connectivity index (χ4v) is 4.45. The molecule has 28 heavy (non-hydrogen) atoms. The van der Waals surface area contributed by atoms with Crippen LogP contribution in [0.25, 0.3) is 0 Å². The number of carbonyl (C=O) groups excluding carboxylic acids is 2. The summed E-state index contributed by atoms with van der Waals surface area (Å²) in [6.45, 7) is 1.11. The summed E-state index contributed by atoms with van der Waals surface area (Å²) < 4.78 is 0. The highest BCUT2D eigenvalue weighted by molar-refractivity contribution is 7.13. The van der Waals surface area contributed by atoms with Gasteiger partial charge >= 0.3 is 0 Å². The monoisotopic (exact) mass is 413 g/mol. The molecule has 0 atom stereocenters. The second-order valence-electron chi connectivity index (χ2n) is 6.59. The predicted molar refractivity (Wildman–Crippen MR) is 109 cm³/mol. The van der Waals surface area contributed by atoms with E-state index < -0.39 is 0 Å². The lowest BCUT2D eigenvalue weighted by atomic mass is 9.96. The summed E-state index contributed by atoms with van der Waals surface area (Å²) in [5.41, 5.74) is 3.25. The van der Waals surface area contributed by atoms with Crippen LogP contribution in [0.2, 0.25) is 0 Å². The molecule has 2 amide bonds. The van der Waals surface area contributed by atoms with Crippen LogP contribution < -0.4 is 5.32 Å². The Morgan fingerprint density at radius 2 is 1.93 bits per heavy atom. The molecule has 0 saturated carbocycles. The topological polar surface area (TPSA) is 88.1 Å². The van der Waals surface area contributed by atoms with E-state index >= 15 is 0 Å². The lowest BCUT2D eigenvalue weighted by molar-refractivity contribution is -0.121. The van der Waals surface area contributed by atoms with Crippen LogP contribution in [-0.2, 0) is 11.2 Å². The molecule has 3 heterocycles. The number of hydrogen-bond donors (Lipinski definition) is 1. The average molecular weight is 414 g/mol. The van der Waals surface area contributed by atoms with Crippen molar-refractivity contribution in [2.75, 3.05) is 18.4 Å². The Morgan fingerprint density at radius 3 is 2.64 bits per heavy atom. The van der Waals surface area contributed by atoms with Gasteiger partial charge in [-0.1, -0.05) is 41.7 Å². The Bertz CT molecular complexity index is 934. The zero-order valence-electron chi connectivity index (χ0n) is 15.1. The van der Waals surface area contributed by atoms with Gasteiger partial charge in [0.1, 0.15) is 11.2 Å². The van der Waals surface area contributed by atoms with Crippen molar-refractivity contribution in [3.8, 4) is 0 Å². The van der Waals surface area contributed by atoms with Crippen LogP contribution in [0, 0.1) is 5.92 Å². The number of carbonyl (C=O) groups is 2. The van der Waals surface area contributed by atoms with Crippen LogP contribution in [0.5, 0.6) is 0 Å². The molecule has 0 bridgehead atoms. The fourth-order valence-electron chi connectivity index (χ4n) is 3.20. The van der Waals surface area contributed by atoms with Gasteiger partial charge in [0.25, 0.3) is 5.91 Å². The number of piperidine rings is 1. The van der Waals surface area contributed by atoms with E-state index in [2.05, 4.69) is 32.6 Å². The standard InChI is InChI=1S/C19H19N5O2S2/c25-17(22-19-23-20-12-28-19)14-6-8-24(9-7-14)18(26)15-11-27-16(21-15)10-13-4-2-1-3-5-13/h1-5,11-12,14H,6-10H2,(H,22,23,25). The molecule has 2 aromatic heterocycles. The molecule has 1 aromatic carbocycles. The third kappa shape index (κ3) is 4.42. The zero-order chi connectivity index (χ0) is 19.3. The molecular formula is C19H19N5O2S2. The van der Waals surface area contributed by atoms with Crippen molar-refractivity contribution in [1.82, 2.24) is 20.1 Å². The molecule has 1 saturated heterocycles. The molecule has 0 aliphatic carbocycles. The minimum atomic E-state index is -0.114. The van der Waals surface area contributed by atoms with Gasteiger partial charge in [-0.15, -0.1) is 21.5 Å². The highest BCUT2D eigenvalue weighted by Crippen LogP contribution is 2.22. The number of amides is 2. The van der Waals surface area contributed by atoms with E-state index in [-0.39, 0.29) is 17.7 Å². The molecular weight excluding hydrogens is 394 g/mol. The van der Waals surface area contributed by atoms with Crippen molar-refractivity contribution in [2.24, 2.45) is 5.92 Å². The number of anilines is 1. The smallest absolute Gasteiger partial charge is 0.273 e. The summed E-state index contributed by atoms with van der Waals surface area (Å²) in [4.78, 5) is 31.4. The van der Waals surface area contributed by atoms with Crippen molar-refractivity contribution in [3.05, 3.63) is 57.5 Å². The molecule has 144 valence electrons. The van der Waals surface area contributed by atoms with E-state index in [9.17, 15) is 9.59 Å². The van der Waals surface area contributed by atoms with Gasteiger partial charge < -0.3 is 10.2 Å². The van der Waals surface area contributed by atoms with E-state index in [1.807, 2.05) is 23.6 Å². The zero-order valence-corrected chi connectivity index (χ0v) is 16.7. The molecule has 0 unspecified atom stereocenters. The summed E-state index contributed by atoms with van der Waals surface area (Å²) in [6, 6.07) is 10.1. The second-order valence-corrected chi connectivity index (χ2v) is 8.36. The Hall–Kier alpha value is -2.65. The minimum absolute atomic E-state index is 0.0531. The molecule has 0 radical (unpaired) electrons. The molecule has 9 heteroatoms. The Morgan fingerprint density at radius 1 is 1.14 bits per heavy atom. The lowest BCUT2D eigenvalue weighted by Crippen LogP contribution is -2.41. The third-order valence-corrected chi connectivity index (χ3v) is 6.17. The third-order valence-electron chi connectivity index (χ3n) is 4.71. The SMILES string of the molecule is O=C(Nc1nncs1)C1CCN(C(=O)c2csc(Cc3ccccc3)n2)CC1. The number of likely N-dealkylation sites (tertiary alicyclic amines) is 1. The van der Waals surface area contributed by atoms with Crippen molar-refractivity contribution in [1.29, 1.82) is 0 Å². The van der Waals surface area contributed by atoms with Crippen molar-refractivity contribution in [2.45, 2.75) is 19.3 Å². The van der Waals surface area contributed by atoms with E-state index in [4.69, 9.17) is 0 Å². The first-order valence-electron chi connectivity index (χ1n) is 9.03. The van der Waals surface area contributed by atoms with E-state index in [1.165, 1.54) is 28.2 Å². The molecule has 1 aliphatic rings. The van der Waals surface area contributed by atoms with Crippen LogP contribution in [0.4, 0.5) is 5.13 Å². The van der Waals surface area contributed by atoms with Gasteiger partial charge in [0.05, 0.1) is 5.01 Å². The van der Waals surface area contributed by atoms with Crippen molar-refractivity contribution < 1.29 is 9.59 Å². The van der Waals surface area contributed by atoms with Gasteiger partial charge in [0, 0.05) is 30.8 Å². The van der Waals surface area contributed by atoms with E-state index in [0.29, 0.717) is 36.8 Å². The number of benzene rings is 1. The first-order valence-corrected chi connectivity index (χ1v) is 10.8. The highest BCUT2D eigenvalue weighted by Gasteiger charge is 2.29. The highest BCUT2D eigenvalue weighted by atomic mass is 32.1. The van der Waals surface area contributed by atoms with Gasteiger partial charge in [-0.05, 0) is 18.4 Å². The van der Waals surface area contributed by atoms with Crippen LogP contribution in [0.1, 0.15) is 33.9 Å². The number of rotatable bonds is 5. The van der Waals surface area contributed by atoms with Gasteiger partial charge in [0.15, 0.2) is 0 Å². The summed E-state index contributed by atoms with van der Waals surface area (Å²) in [5.74, 6) is -0.224. The minimum Gasteiger partial charge on any atom is -0.337 e. The summed E-state index contributed by atoms with van der Waals surface area (Å²) >= 11 is 2.80. The molecule has 1 N–H and O–H groups in total. The van der Waals surface area contributed by atoms with Crippen LogP contribution in [-0.4, -0.2) is 45.0 Å². The van der Waals surface area contributed by atoms with Crippen molar-refractivity contribution >= 4 is 39.6 Å². The fraction of sp³-hybridized carbons (Fsp3) is 0.316. The van der Waals surface area contributed by atoms with E-state index in [1.54, 1.807) is 10.4 Å². The summed E-state index contributed by atoms with van der Waals surface area (Å²) in [6.07, 6.45) is 2.00. The molecule has 1 aliphatic heterocycles. The largest absolute Gasteiger partial charge is 0.337 e. The second kappa shape index (κ2) is 8.57. The van der Waals surface area contributed by atoms with Crippen LogP contribution >= 0.6 is 22.7 Å². The molecule has 3 aromatic rings. The van der Waals surface area contributed by atoms with Gasteiger partial charge in [-0.2, -0.15) is 0 Å². The first-order chi connectivity index (χ1) is 13.7.